The molecule has 3 amide bonds. The van der Waals surface area contributed by atoms with Crippen LogP contribution in [0.4, 0.5) is 4.79 Å². The number of aromatic nitrogens is 2. The first kappa shape index (κ1) is 17.1. The Morgan fingerprint density at radius 2 is 2.17 bits per heavy atom. The predicted molar refractivity (Wildman–Crippen MR) is 89.8 cm³/mol. The second-order valence-electron chi connectivity index (χ2n) is 4.76. The zero-order valence-electron chi connectivity index (χ0n) is 13.3. The Balaban J connectivity index is 2.03. The number of fused-ring (bicyclic) bond motifs is 1. The number of imidazole rings is 1. The normalized spacial score (nSPS) is 12.0. The summed E-state index contributed by atoms with van der Waals surface area (Å²) in [6.07, 6.45) is 0. The first-order valence-corrected chi connectivity index (χ1v) is 8.29. The second kappa shape index (κ2) is 7.87. The van der Waals surface area contributed by atoms with Crippen LogP contribution >= 0.6 is 11.8 Å². The summed E-state index contributed by atoms with van der Waals surface area (Å²) in [5.41, 5.74) is 1.64. The van der Waals surface area contributed by atoms with Crippen LogP contribution in [0.25, 0.3) is 11.0 Å². The number of ether oxygens (including phenoxy) is 1. The standard InChI is InChI=1S/C15H20N4O3S/c1-4-16-14(21)19-13(20)9(3)23-15-17-11-7-6-10(22-5-2)8-12(11)18-15/h6-9H,4-5H2,1-3H3,(H,17,18)(H2,16,19,20,21). The molecule has 1 heterocycles. The smallest absolute Gasteiger partial charge is 0.321 e. The van der Waals surface area contributed by atoms with Crippen LogP contribution in [0.5, 0.6) is 5.75 Å². The van der Waals surface area contributed by atoms with Crippen molar-refractivity contribution in [3.63, 3.8) is 0 Å². The molecular formula is C15H20N4O3S. The Bertz CT molecular complexity index is 701. The van der Waals surface area contributed by atoms with E-state index < -0.39 is 11.3 Å². The number of nitrogens with one attached hydrogen (secondary N) is 3. The van der Waals surface area contributed by atoms with Gasteiger partial charge in [-0.25, -0.2) is 9.78 Å². The molecule has 2 rings (SSSR count). The molecule has 1 unspecified atom stereocenters. The number of amides is 3. The third-order valence-electron chi connectivity index (χ3n) is 2.97. The highest BCUT2D eigenvalue weighted by Gasteiger charge is 2.18. The molecule has 0 radical (unpaired) electrons. The third-order valence-corrected chi connectivity index (χ3v) is 3.96. The van der Waals surface area contributed by atoms with Crippen LogP contribution in [0.3, 0.4) is 0 Å². The number of carbonyl (C=O) groups is 2. The molecule has 0 aliphatic carbocycles. The summed E-state index contributed by atoms with van der Waals surface area (Å²) >= 11 is 1.26. The molecule has 0 spiro atoms. The molecule has 2 aromatic rings. The number of hydrogen-bond donors (Lipinski definition) is 3. The molecule has 0 fully saturated rings. The van der Waals surface area contributed by atoms with E-state index in [2.05, 4.69) is 20.6 Å². The number of rotatable bonds is 6. The molecule has 8 heteroatoms. The Labute approximate surface area is 138 Å². The zero-order valence-corrected chi connectivity index (χ0v) is 14.1. The molecule has 1 aromatic heterocycles. The van der Waals surface area contributed by atoms with Gasteiger partial charge in [-0.2, -0.15) is 0 Å². The Hall–Kier alpha value is -2.22. The van der Waals surface area contributed by atoms with E-state index in [1.807, 2.05) is 25.1 Å². The van der Waals surface area contributed by atoms with Crippen molar-refractivity contribution < 1.29 is 14.3 Å². The van der Waals surface area contributed by atoms with Crippen molar-refractivity contribution in [2.75, 3.05) is 13.2 Å². The summed E-state index contributed by atoms with van der Waals surface area (Å²) < 4.78 is 5.45. The SMILES string of the molecule is CCNC(=O)NC(=O)C(C)Sc1nc2ccc(OCC)cc2[nH]1. The summed E-state index contributed by atoms with van der Waals surface area (Å²) in [5, 5.41) is 4.97. The summed E-state index contributed by atoms with van der Waals surface area (Å²) in [6.45, 7) is 6.49. The van der Waals surface area contributed by atoms with Gasteiger partial charge in [0, 0.05) is 12.6 Å². The summed E-state index contributed by atoms with van der Waals surface area (Å²) in [7, 11) is 0. The molecular weight excluding hydrogens is 316 g/mol. The van der Waals surface area contributed by atoms with Crippen molar-refractivity contribution in [1.82, 2.24) is 20.6 Å². The van der Waals surface area contributed by atoms with E-state index in [0.717, 1.165) is 16.8 Å². The van der Waals surface area contributed by atoms with E-state index >= 15 is 0 Å². The summed E-state index contributed by atoms with van der Waals surface area (Å²) in [6, 6.07) is 5.10. The molecule has 3 N–H and O–H groups in total. The molecule has 23 heavy (non-hydrogen) atoms. The number of nitrogens with zero attached hydrogens (tertiary/aromatic N) is 1. The maximum Gasteiger partial charge on any atom is 0.321 e. The highest BCUT2D eigenvalue weighted by molar-refractivity contribution is 8.00. The van der Waals surface area contributed by atoms with Gasteiger partial charge in [0.1, 0.15) is 5.75 Å². The van der Waals surface area contributed by atoms with E-state index in [1.54, 1.807) is 13.8 Å². The number of urea groups is 1. The fourth-order valence-corrected chi connectivity index (χ4v) is 2.74. The van der Waals surface area contributed by atoms with Crippen molar-refractivity contribution in [2.45, 2.75) is 31.2 Å². The number of imide groups is 1. The Morgan fingerprint density at radius 3 is 2.87 bits per heavy atom. The highest BCUT2D eigenvalue weighted by Crippen LogP contribution is 2.25. The number of benzene rings is 1. The van der Waals surface area contributed by atoms with Crippen LogP contribution in [-0.4, -0.2) is 40.3 Å². The largest absolute Gasteiger partial charge is 0.494 e. The van der Waals surface area contributed by atoms with E-state index in [9.17, 15) is 9.59 Å². The minimum absolute atomic E-state index is 0.364. The first-order chi connectivity index (χ1) is 11.0. The van der Waals surface area contributed by atoms with Crippen LogP contribution < -0.4 is 15.4 Å². The van der Waals surface area contributed by atoms with Gasteiger partial charge >= 0.3 is 6.03 Å². The van der Waals surface area contributed by atoms with Gasteiger partial charge in [-0.15, -0.1) is 0 Å². The molecule has 0 saturated carbocycles. The molecule has 0 bridgehead atoms. The van der Waals surface area contributed by atoms with Crippen molar-refractivity contribution in [2.24, 2.45) is 0 Å². The van der Waals surface area contributed by atoms with Crippen molar-refractivity contribution in [1.29, 1.82) is 0 Å². The Kier molecular flexibility index (Phi) is 5.86. The van der Waals surface area contributed by atoms with Gasteiger partial charge in [0.15, 0.2) is 5.16 Å². The van der Waals surface area contributed by atoms with Crippen LogP contribution in [-0.2, 0) is 4.79 Å². The van der Waals surface area contributed by atoms with E-state index in [-0.39, 0.29) is 5.91 Å². The van der Waals surface area contributed by atoms with Gasteiger partial charge in [0.05, 0.1) is 22.9 Å². The second-order valence-corrected chi connectivity index (χ2v) is 6.09. The van der Waals surface area contributed by atoms with Crippen molar-refractivity contribution in [3.05, 3.63) is 18.2 Å². The quantitative estimate of drug-likeness (QED) is 0.703. The average molecular weight is 336 g/mol. The summed E-state index contributed by atoms with van der Waals surface area (Å²) in [5.74, 6) is 0.402. The number of hydrogen-bond acceptors (Lipinski definition) is 5. The van der Waals surface area contributed by atoms with Gasteiger partial charge in [0.25, 0.3) is 0 Å². The van der Waals surface area contributed by atoms with Crippen molar-refractivity contribution >= 4 is 34.7 Å². The topological polar surface area (TPSA) is 96.1 Å². The monoisotopic (exact) mass is 336 g/mol. The number of carbonyl (C=O) groups excluding carboxylic acids is 2. The minimum Gasteiger partial charge on any atom is -0.494 e. The molecule has 1 aromatic carbocycles. The van der Waals surface area contributed by atoms with Gasteiger partial charge in [-0.05, 0) is 32.9 Å². The minimum atomic E-state index is -0.490. The fourth-order valence-electron chi connectivity index (χ4n) is 1.92. The molecule has 1 atom stereocenters. The number of H-pyrrole nitrogens is 1. The average Bonchev–Trinajstić information content (AvgIpc) is 2.89. The molecule has 0 aliphatic rings. The lowest BCUT2D eigenvalue weighted by molar-refractivity contribution is -0.119. The molecule has 124 valence electrons. The van der Waals surface area contributed by atoms with Crippen LogP contribution in [0, 0.1) is 0 Å². The molecule has 7 nitrogen and oxygen atoms in total. The maximum absolute atomic E-state index is 11.9. The fraction of sp³-hybridized carbons (Fsp3) is 0.400. The van der Waals surface area contributed by atoms with Gasteiger partial charge in [-0.1, -0.05) is 11.8 Å². The molecule has 0 saturated heterocycles. The van der Waals surface area contributed by atoms with Crippen LogP contribution in [0.2, 0.25) is 0 Å². The lowest BCUT2D eigenvalue weighted by atomic mass is 10.3. The third kappa shape index (κ3) is 4.62. The molecule has 0 aliphatic heterocycles. The predicted octanol–water partition coefficient (Wildman–Crippen LogP) is 2.29. The maximum atomic E-state index is 11.9. The lowest BCUT2D eigenvalue weighted by Gasteiger charge is -2.09. The van der Waals surface area contributed by atoms with E-state index in [0.29, 0.717) is 18.3 Å². The van der Waals surface area contributed by atoms with Crippen LogP contribution in [0.1, 0.15) is 20.8 Å². The van der Waals surface area contributed by atoms with Gasteiger partial charge in [-0.3, -0.25) is 10.1 Å². The Morgan fingerprint density at radius 1 is 1.39 bits per heavy atom. The van der Waals surface area contributed by atoms with E-state index in [1.165, 1.54) is 11.8 Å². The number of aromatic amines is 1. The van der Waals surface area contributed by atoms with Gasteiger partial charge in [0.2, 0.25) is 5.91 Å². The van der Waals surface area contributed by atoms with Gasteiger partial charge < -0.3 is 15.0 Å². The number of thioether (sulfide) groups is 1. The van der Waals surface area contributed by atoms with Crippen molar-refractivity contribution in [3.8, 4) is 5.75 Å². The van der Waals surface area contributed by atoms with Crippen LogP contribution in [0.15, 0.2) is 23.4 Å². The lowest BCUT2D eigenvalue weighted by Crippen LogP contribution is -2.42. The highest BCUT2D eigenvalue weighted by atomic mass is 32.2. The summed E-state index contributed by atoms with van der Waals surface area (Å²) in [4.78, 5) is 30.9. The first-order valence-electron chi connectivity index (χ1n) is 7.41. The zero-order chi connectivity index (χ0) is 16.8. The van der Waals surface area contributed by atoms with E-state index in [4.69, 9.17) is 4.74 Å².